The first-order chi connectivity index (χ1) is 8.31. The molecule has 2 aliphatic rings. The summed E-state index contributed by atoms with van der Waals surface area (Å²) in [6.07, 6.45) is 5.06. The molecule has 1 aliphatic heterocycles. The Labute approximate surface area is 103 Å². The molecule has 3 rings (SSSR count). The van der Waals surface area contributed by atoms with Crippen LogP contribution in [0.5, 0.6) is 5.75 Å². The summed E-state index contributed by atoms with van der Waals surface area (Å²) in [7, 11) is 1.80. The highest BCUT2D eigenvalue weighted by Crippen LogP contribution is 2.41. The van der Waals surface area contributed by atoms with Crippen molar-refractivity contribution in [3.8, 4) is 5.75 Å². The Balaban J connectivity index is 2.05. The van der Waals surface area contributed by atoms with Gasteiger partial charge in [0.2, 0.25) is 0 Å². The van der Waals surface area contributed by atoms with E-state index in [1.807, 2.05) is 0 Å². The first-order valence-corrected chi connectivity index (χ1v) is 6.71. The number of nitrogens with one attached hydrogen (secondary N) is 1. The molecular weight excluding hydrogens is 210 g/mol. The van der Waals surface area contributed by atoms with E-state index in [9.17, 15) is 0 Å². The molecule has 2 nitrogen and oxygen atoms in total. The van der Waals surface area contributed by atoms with Crippen molar-refractivity contribution >= 4 is 0 Å². The molecule has 0 unspecified atom stereocenters. The predicted octanol–water partition coefficient (Wildman–Crippen LogP) is 2.79. The topological polar surface area (TPSA) is 21.3 Å². The average molecular weight is 231 g/mol. The smallest absolute Gasteiger partial charge is 0.125 e. The number of hydrogen-bond donors (Lipinski definition) is 1. The van der Waals surface area contributed by atoms with Gasteiger partial charge in [0.05, 0.1) is 7.11 Å². The standard InChI is InChI=1S/C15H21NO/c1-10-5-6-11-12-4-3-9-16-14(12)8-7-13(11)15(10)17-2/h5-6,12,14,16H,3-4,7-9H2,1-2H3/t12-,14-/m1/s1. The summed E-state index contributed by atoms with van der Waals surface area (Å²) in [4.78, 5) is 0. The predicted molar refractivity (Wildman–Crippen MR) is 69.8 cm³/mol. The molecule has 17 heavy (non-hydrogen) atoms. The van der Waals surface area contributed by atoms with Crippen LogP contribution >= 0.6 is 0 Å². The lowest BCUT2D eigenvalue weighted by atomic mass is 9.74. The Kier molecular flexibility index (Phi) is 2.83. The molecule has 1 aromatic rings. The second kappa shape index (κ2) is 4.34. The van der Waals surface area contributed by atoms with Gasteiger partial charge in [0.1, 0.15) is 5.75 Å². The van der Waals surface area contributed by atoms with Crippen molar-refractivity contribution in [2.75, 3.05) is 13.7 Å². The van der Waals surface area contributed by atoms with Gasteiger partial charge in [0, 0.05) is 6.04 Å². The van der Waals surface area contributed by atoms with Crippen molar-refractivity contribution in [2.45, 2.75) is 44.6 Å². The Morgan fingerprint density at radius 3 is 3.00 bits per heavy atom. The number of rotatable bonds is 1. The van der Waals surface area contributed by atoms with E-state index < -0.39 is 0 Å². The normalized spacial score (nSPS) is 27.2. The van der Waals surface area contributed by atoms with E-state index in [4.69, 9.17) is 4.74 Å². The minimum absolute atomic E-state index is 0.698. The molecule has 1 fully saturated rings. The number of methoxy groups -OCH3 is 1. The van der Waals surface area contributed by atoms with Crippen LogP contribution in [0.15, 0.2) is 12.1 Å². The molecule has 1 saturated heterocycles. The molecule has 1 N–H and O–H groups in total. The summed E-state index contributed by atoms with van der Waals surface area (Å²) in [5.41, 5.74) is 4.28. The van der Waals surface area contributed by atoms with Crippen LogP contribution in [-0.4, -0.2) is 19.7 Å². The highest BCUT2D eigenvalue weighted by molar-refractivity contribution is 5.49. The first kappa shape index (κ1) is 11.1. The average Bonchev–Trinajstić information content (AvgIpc) is 2.38. The van der Waals surface area contributed by atoms with E-state index in [0.717, 1.165) is 12.2 Å². The number of aryl methyl sites for hydroxylation is 1. The minimum atomic E-state index is 0.698. The lowest BCUT2D eigenvalue weighted by Crippen LogP contribution is -2.42. The molecule has 2 heteroatoms. The van der Waals surface area contributed by atoms with Gasteiger partial charge in [0.15, 0.2) is 0 Å². The van der Waals surface area contributed by atoms with Crippen LogP contribution in [0.3, 0.4) is 0 Å². The van der Waals surface area contributed by atoms with Crippen LogP contribution in [0.25, 0.3) is 0 Å². The van der Waals surface area contributed by atoms with Gasteiger partial charge in [0.25, 0.3) is 0 Å². The highest BCUT2D eigenvalue weighted by Gasteiger charge is 2.32. The Hall–Kier alpha value is -1.02. The lowest BCUT2D eigenvalue weighted by molar-refractivity contribution is 0.313. The number of fused-ring (bicyclic) bond motifs is 3. The SMILES string of the molecule is COc1c(C)ccc2c1CC[C@H]1NCCC[C@H]21. The minimum Gasteiger partial charge on any atom is -0.496 e. The van der Waals surface area contributed by atoms with E-state index >= 15 is 0 Å². The first-order valence-electron chi connectivity index (χ1n) is 6.71. The molecule has 0 bridgehead atoms. The van der Waals surface area contributed by atoms with Crippen molar-refractivity contribution in [2.24, 2.45) is 0 Å². The van der Waals surface area contributed by atoms with Crippen LogP contribution < -0.4 is 10.1 Å². The fourth-order valence-electron chi connectivity index (χ4n) is 3.58. The van der Waals surface area contributed by atoms with E-state index in [0.29, 0.717) is 12.0 Å². The molecule has 0 aromatic heterocycles. The van der Waals surface area contributed by atoms with Crippen LogP contribution in [0.4, 0.5) is 0 Å². The van der Waals surface area contributed by atoms with Crippen LogP contribution in [0, 0.1) is 6.92 Å². The van der Waals surface area contributed by atoms with E-state index in [1.54, 1.807) is 7.11 Å². The van der Waals surface area contributed by atoms with Gasteiger partial charge in [-0.15, -0.1) is 0 Å². The molecule has 0 saturated carbocycles. The summed E-state index contributed by atoms with van der Waals surface area (Å²) in [5.74, 6) is 1.84. The molecule has 1 aliphatic carbocycles. The summed E-state index contributed by atoms with van der Waals surface area (Å²) >= 11 is 0. The van der Waals surface area contributed by atoms with E-state index in [2.05, 4.69) is 24.4 Å². The Morgan fingerprint density at radius 1 is 1.29 bits per heavy atom. The molecule has 0 radical (unpaired) electrons. The third-order valence-electron chi connectivity index (χ3n) is 4.39. The van der Waals surface area contributed by atoms with Crippen molar-refractivity contribution in [1.29, 1.82) is 0 Å². The summed E-state index contributed by atoms with van der Waals surface area (Å²) in [6.45, 7) is 3.34. The van der Waals surface area contributed by atoms with Gasteiger partial charge in [-0.2, -0.15) is 0 Å². The largest absolute Gasteiger partial charge is 0.496 e. The molecule has 2 atom stereocenters. The molecular formula is C15H21NO. The zero-order valence-corrected chi connectivity index (χ0v) is 10.8. The summed E-state index contributed by atoms with van der Waals surface area (Å²) < 4.78 is 5.60. The quantitative estimate of drug-likeness (QED) is 0.802. The molecule has 0 amide bonds. The number of piperidine rings is 1. The summed E-state index contributed by atoms with van der Waals surface area (Å²) in [6, 6.07) is 5.25. The van der Waals surface area contributed by atoms with E-state index in [-0.39, 0.29) is 0 Å². The van der Waals surface area contributed by atoms with Gasteiger partial charge in [-0.05, 0) is 61.8 Å². The fraction of sp³-hybridized carbons (Fsp3) is 0.600. The third kappa shape index (κ3) is 1.75. The zero-order chi connectivity index (χ0) is 11.8. The van der Waals surface area contributed by atoms with Gasteiger partial charge in [-0.1, -0.05) is 12.1 Å². The van der Waals surface area contributed by atoms with Gasteiger partial charge < -0.3 is 10.1 Å². The zero-order valence-electron chi connectivity index (χ0n) is 10.8. The highest BCUT2D eigenvalue weighted by atomic mass is 16.5. The molecule has 0 spiro atoms. The van der Waals surface area contributed by atoms with Crippen LogP contribution in [0.1, 0.15) is 41.9 Å². The Morgan fingerprint density at radius 2 is 2.18 bits per heavy atom. The molecule has 92 valence electrons. The maximum Gasteiger partial charge on any atom is 0.125 e. The van der Waals surface area contributed by atoms with Crippen molar-refractivity contribution in [1.82, 2.24) is 5.32 Å². The third-order valence-corrected chi connectivity index (χ3v) is 4.39. The maximum atomic E-state index is 5.60. The summed E-state index contributed by atoms with van der Waals surface area (Å²) in [5, 5.41) is 3.67. The van der Waals surface area contributed by atoms with Gasteiger partial charge in [-0.3, -0.25) is 0 Å². The Bertz CT molecular complexity index is 427. The van der Waals surface area contributed by atoms with Crippen molar-refractivity contribution in [3.63, 3.8) is 0 Å². The van der Waals surface area contributed by atoms with Crippen LogP contribution in [0.2, 0.25) is 0 Å². The number of benzene rings is 1. The second-order valence-corrected chi connectivity index (χ2v) is 5.33. The fourth-order valence-corrected chi connectivity index (χ4v) is 3.58. The van der Waals surface area contributed by atoms with Gasteiger partial charge in [-0.25, -0.2) is 0 Å². The van der Waals surface area contributed by atoms with Gasteiger partial charge >= 0.3 is 0 Å². The lowest BCUT2D eigenvalue weighted by Gasteiger charge is -2.38. The maximum absolute atomic E-state index is 5.60. The number of ether oxygens (including phenoxy) is 1. The van der Waals surface area contributed by atoms with Crippen LogP contribution in [-0.2, 0) is 6.42 Å². The number of hydrogen-bond acceptors (Lipinski definition) is 2. The van der Waals surface area contributed by atoms with Crippen molar-refractivity contribution < 1.29 is 4.74 Å². The monoisotopic (exact) mass is 231 g/mol. The van der Waals surface area contributed by atoms with Crippen molar-refractivity contribution in [3.05, 3.63) is 28.8 Å². The second-order valence-electron chi connectivity index (χ2n) is 5.33. The van der Waals surface area contributed by atoms with E-state index in [1.165, 1.54) is 42.5 Å². The molecule has 1 heterocycles. The molecule has 1 aromatic carbocycles.